The van der Waals surface area contributed by atoms with Crippen LogP contribution < -0.4 is 5.32 Å². The number of carbonyl (C=O) groups is 1. The van der Waals surface area contributed by atoms with Gasteiger partial charge in [-0.2, -0.15) is 32.2 Å². The fraction of sp³-hybridized carbons (Fsp3) is 0. The van der Waals surface area contributed by atoms with Gasteiger partial charge in [0.05, 0.1) is 22.0 Å². The smallest absolute Gasteiger partial charge is 0.295 e. The molecule has 0 spiro atoms. The number of hydrogen-bond acceptors (Lipinski definition) is 10. The van der Waals surface area contributed by atoms with E-state index in [-0.39, 0.29) is 27.1 Å². The van der Waals surface area contributed by atoms with E-state index in [1.54, 1.807) is 36.4 Å². The van der Waals surface area contributed by atoms with Crippen LogP contribution in [0.3, 0.4) is 0 Å². The van der Waals surface area contributed by atoms with Gasteiger partial charge in [-0.25, -0.2) is 0 Å². The second kappa shape index (κ2) is 12.1. The largest absolute Gasteiger partial charge is 0.505 e. The number of phenolic OH excluding ortho intramolecular Hbond substituents is 1. The lowest BCUT2D eigenvalue weighted by atomic mass is 10.1. The number of azo groups is 2. The van der Waals surface area contributed by atoms with Gasteiger partial charge in [0.25, 0.3) is 26.1 Å². The molecule has 0 fully saturated rings. The van der Waals surface area contributed by atoms with E-state index in [0.29, 0.717) is 28.3 Å². The molecule has 0 aliphatic carbocycles. The quantitative estimate of drug-likeness (QED) is 0.102. The van der Waals surface area contributed by atoms with Crippen LogP contribution in [0.2, 0.25) is 0 Å². The molecule has 0 aromatic heterocycles. The summed E-state index contributed by atoms with van der Waals surface area (Å²) in [5.41, 5.74) is 1.77. The zero-order valence-corrected chi connectivity index (χ0v) is 23.9. The second-order valence-electron chi connectivity index (χ2n) is 9.18. The highest BCUT2D eigenvalue weighted by molar-refractivity contribution is 7.86. The second-order valence-corrected chi connectivity index (χ2v) is 12.0. The molecule has 0 aliphatic heterocycles. The number of anilines is 1. The zero-order valence-electron chi connectivity index (χ0n) is 22.3. The van der Waals surface area contributed by atoms with Gasteiger partial charge in [0.1, 0.15) is 10.6 Å². The lowest BCUT2D eigenvalue weighted by Gasteiger charge is -2.08. The van der Waals surface area contributed by atoms with Crippen molar-refractivity contribution in [2.24, 2.45) is 20.5 Å². The molecule has 0 saturated carbocycles. The summed E-state index contributed by atoms with van der Waals surface area (Å²) in [7, 11) is -8.90. The van der Waals surface area contributed by atoms with Gasteiger partial charge in [-0.3, -0.25) is 13.9 Å². The van der Waals surface area contributed by atoms with Crippen molar-refractivity contribution in [1.82, 2.24) is 0 Å². The third-order valence-corrected chi connectivity index (χ3v) is 7.94. The molecule has 222 valence electrons. The predicted molar refractivity (Wildman–Crippen MR) is 161 cm³/mol. The van der Waals surface area contributed by atoms with Crippen molar-refractivity contribution in [2.75, 3.05) is 5.32 Å². The fourth-order valence-electron chi connectivity index (χ4n) is 4.01. The summed E-state index contributed by atoms with van der Waals surface area (Å²) < 4.78 is 64.7. The highest BCUT2D eigenvalue weighted by Gasteiger charge is 2.19. The van der Waals surface area contributed by atoms with Crippen LogP contribution in [-0.2, 0) is 20.2 Å². The van der Waals surface area contributed by atoms with Gasteiger partial charge in [0.2, 0.25) is 0 Å². The molecule has 0 atom stereocenters. The normalized spacial score (nSPS) is 12.2. The minimum atomic E-state index is -4.61. The summed E-state index contributed by atoms with van der Waals surface area (Å²) in [6, 6.07) is 24.8. The topological polar surface area (TPSA) is 208 Å². The number of nitrogens with zero attached hydrogens (tertiary/aromatic N) is 4. The molecule has 0 unspecified atom stereocenters. The third-order valence-electron chi connectivity index (χ3n) is 6.18. The van der Waals surface area contributed by atoms with Gasteiger partial charge in [-0.05, 0) is 78.9 Å². The molecule has 0 radical (unpaired) electrons. The molecule has 5 aromatic rings. The molecule has 5 aromatic carbocycles. The Morgan fingerprint density at radius 3 is 1.66 bits per heavy atom. The van der Waals surface area contributed by atoms with Gasteiger partial charge in [0, 0.05) is 22.0 Å². The first-order chi connectivity index (χ1) is 20.9. The van der Waals surface area contributed by atoms with Crippen molar-refractivity contribution < 1.29 is 35.8 Å². The van der Waals surface area contributed by atoms with Crippen LogP contribution in [0.1, 0.15) is 10.4 Å². The molecular formula is C29H21N5O8S2. The van der Waals surface area contributed by atoms with E-state index in [2.05, 4.69) is 25.8 Å². The molecule has 44 heavy (non-hydrogen) atoms. The van der Waals surface area contributed by atoms with Crippen LogP contribution in [0.5, 0.6) is 5.75 Å². The van der Waals surface area contributed by atoms with Gasteiger partial charge in [-0.15, -0.1) is 5.11 Å². The molecular weight excluding hydrogens is 610 g/mol. The van der Waals surface area contributed by atoms with Crippen molar-refractivity contribution in [2.45, 2.75) is 9.79 Å². The molecule has 13 nitrogen and oxygen atoms in total. The number of hydrogen-bond donors (Lipinski definition) is 4. The number of amides is 1. The zero-order chi connectivity index (χ0) is 31.5. The molecule has 0 saturated heterocycles. The van der Waals surface area contributed by atoms with E-state index in [1.165, 1.54) is 60.7 Å². The third kappa shape index (κ3) is 6.99. The number of phenols is 1. The molecule has 5 rings (SSSR count). The number of rotatable bonds is 8. The van der Waals surface area contributed by atoms with E-state index in [1.807, 2.05) is 0 Å². The monoisotopic (exact) mass is 631 g/mol. The maximum atomic E-state index is 12.7. The Kier molecular flexibility index (Phi) is 8.28. The highest BCUT2D eigenvalue weighted by atomic mass is 32.2. The molecule has 0 aliphatic rings. The first-order valence-corrected chi connectivity index (χ1v) is 15.4. The maximum Gasteiger partial charge on any atom is 0.295 e. The summed E-state index contributed by atoms with van der Waals surface area (Å²) in [6.45, 7) is 0. The van der Waals surface area contributed by atoms with E-state index in [4.69, 9.17) is 4.55 Å². The summed E-state index contributed by atoms with van der Waals surface area (Å²) in [5.74, 6) is -0.721. The Balaban J connectivity index is 1.24. The van der Waals surface area contributed by atoms with Crippen molar-refractivity contribution >= 4 is 65.4 Å². The van der Waals surface area contributed by atoms with Gasteiger partial charge < -0.3 is 10.4 Å². The van der Waals surface area contributed by atoms with E-state index >= 15 is 0 Å². The summed E-state index contributed by atoms with van der Waals surface area (Å²) in [4.78, 5) is 12.0. The van der Waals surface area contributed by atoms with Gasteiger partial charge >= 0.3 is 0 Å². The SMILES string of the molecule is O=C(Nc1ccc(N=Nc2ccc(S(=O)(=O)O)cc2)cc1)c1ccc(N=Nc2cc(S(=O)(=O)O)c3ccccc3c2O)cc1. The van der Waals surface area contributed by atoms with Crippen molar-refractivity contribution in [3.05, 3.63) is 109 Å². The Morgan fingerprint density at radius 1 is 0.614 bits per heavy atom. The first-order valence-electron chi connectivity index (χ1n) is 12.5. The van der Waals surface area contributed by atoms with E-state index in [9.17, 15) is 31.3 Å². The molecule has 0 bridgehead atoms. The lowest BCUT2D eigenvalue weighted by molar-refractivity contribution is 0.102. The summed E-state index contributed by atoms with van der Waals surface area (Å²) in [5, 5.41) is 29.7. The van der Waals surface area contributed by atoms with Crippen molar-refractivity contribution in [3.63, 3.8) is 0 Å². The summed E-state index contributed by atoms with van der Waals surface area (Å²) >= 11 is 0. The van der Waals surface area contributed by atoms with Crippen LogP contribution >= 0.6 is 0 Å². The van der Waals surface area contributed by atoms with E-state index in [0.717, 1.165) is 6.07 Å². The van der Waals surface area contributed by atoms with Crippen LogP contribution in [-0.4, -0.2) is 37.0 Å². The van der Waals surface area contributed by atoms with Crippen LogP contribution in [0.25, 0.3) is 10.8 Å². The summed E-state index contributed by atoms with van der Waals surface area (Å²) in [6.07, 6.45) is 0. The molecule has 0 heterocycles. The van der Waals surface area contributed by atoms with Crippen LogP contribution in [0.15, 0.2) is 133 Å². The van der Waals surface area contributed by atoms with Crippen molar-refractivity contribution in [3.8, 4) is 5.75 Å². The predicted octanol–water partition coefficient (Wildman–Crippen LogP) is 7.12. The number of carbonyl (C=O) groups excluding carboxylic acids is 1. The molecule has 1 amide bonds. The number of benzene rings is 5. The molecule has 4 N–H and O–H groups in total. The average molecular weight is 632 g/mol. The molecule has 15 heteroatoms. The Morgan fingerprint density at radius 2 is 1.11 bits per heavy atom. The van der Waals surface area contributed by atoms with Gasteiger partial charge in [0.15, 0.2) is 5.75 Å². The van der Waals surface area contributed by atoms with Gasteiger partial charge in [-0.1, -0.05) is 24.3 Å². The maximum absolute atomic E-state index is 12.7. The van der Waals surface area contributed by atoms with Crippen molar-refractivity contribution in [1.29, 1.82) is 0 Å². The van der Waals surface area contributed by atoms with Crippen LogP contribution in [0, 0.1) is 0 Å². The fourth-order valence-corrected chi connectivity index (χ4v) is 5.20. The first kappa shape index (κ1) is 30.1. The minimum Gasteiger partial charge on any atom is -0.505 e. The Bertz CT molecular complexity index is 2150. The van der Waals surface area contributed by atoms with Crippen LogP contribution in [0.4, 0.5) is 28.4 Å². The Labute approximate surface area is 250 Å². The minimum absolute atomic E-state index is 0.132. The average Bonchev–Trinajstić information content (AvgIpc) is 3.00. The number of nitrogens with one attached hydrogen (secondary N) is 1. The van der Waals surface area contributed by atoms with E-state index < -0.39 is 31.0 Å². The Hall–Kier alpha value is -5.35. The number of fused-ring (bicyclic) bond motifs is 1. The lowest BCUT2D eigenvalue weighted by Crippen LogP contribution is -2.11. The standard InChI is InChI=1S/C29H21N5O8S2/c35-28-25-4-2-1-3-24(25)27(44(40,41)42)17-26(28)34-33-20-7-5-18(6-8-20)29(36)30-19-9-11-21(12-10-19)31-32-22-13-15-23(16-14-22)43(37,38)39/h1-17,35H,(H,30,36)(H,37,38,39)(H,40,41,42). The highest BCUT2D eigenvalue weighted by Crippen LogP contribution is 2.39. The number of aromatic hydroxyl groups is 1.